The molecule has 2 aromatic carbocycles. The predicted molar refractivity (Wildman–Crippen MR) is 113 cm³/mol. The summed E-state index contributed by atoms with van der Waals surface area (Å²) in [6.07, 6.45) is -0.266. The van der Waals surface area contributed by atoms with E-state index in [0.29, 0.717) is 22.7 Å². The van der Waals surface area contributed by atoms with Crippen LogP contribution in [-0.2, 0) is 31.3 Å². The number of carbonyl (C=O) groups excluding carboxylic acids is 4. The Morgan fingerprint density at radius 3 is 2.71 bits per heavy atom. The number of carbonyl (C=O) groups is 4. The van der Waals surface area contributed by atoms with Gasteiger partial charge < -0.3 is 20.5 Å². The van der Waals surface area contributed by atoms with Crippen LogP contribution in [0, 0.1) is 17.7 Å². The van der Waals surface area contributed by atoms with Crippen LogP contribution in [0.5, 0.6) is 11.5 Å². The van der Waals surface area contributed by atoms with E-state index in [1.54, 1.807) is 18.2 Å². The van der Waals surface area contributed by atoms with Crippen molar-refractivity contribution in [3.63, 3.8) is 0 Å². The molecule has 1 spiro atoms. The first kappa shape index (κ1) is 20.6. The summed E-state index contributed by atoms with van der Waals surface area (Å²) in [4.78, 5) is 53.3. The zero-order chi connectivity index (χ0) is 23.8. The molecule has 0 aliphatic carbocycles. The van der Waals surface area contributed by atoms with E-state index in [1.807, 2.05) is 0 Å². The Balaban J connectivity index is 1.42. The highest BCUT2D eigenvalue weighted by Crippen LogP contribution is 2.53. The summed E-state index contributed by atoms with van der Waals surface area (Å²) in [7, 11) is 0. The Hall–Kier alpha value is -3.99. The summed E-state index contributed by atoms with van der Waals surface area (Å²) in [6, 6.07) is 7.97. The summed E-state index contributed by atoms with van der Waals surface area (Å²) >= 11 is 0. The molecule has 0 bridgehead atoms. The Kier molecular flexibility index (Phi) is 4.24. The average molecular weight is 466 g/mol. The largest absolute Gasteiger partial charge is 0.454 e. The average Bonchev–Trinajstić information content (AvgIpc) is 3.51. The van der Waals surface area contributed by atoms with Gasteiger partial charge in [0.1, 0.15) is 11.4 Å². The maximum absolute atomic E-state index is 14.2. The molecule has 2 aromatic rings. The highest BCUT2D eigenvalue weighted by molar-refractivity contribution is 6.15. The second-order valence-corrected chi connectivity index (χ2v) is 8.83. The van der Waals surface area contributed by atoms with Crippen molar-refractivity contribution in [3.8, 4) is 11.5 Å². The van der Waals surface area contributed by atoms with Gasteiger partial charge in [-0.2, -0.15) is 0 Å². The van der Waals surface area contributed by atoms with E-state index in [9.17, 15) is 23.6 Å². The van der Waals surface area contributed by atoms with Gasteiger partial charge >= 0.3 is 0 Å². The van der Waals surface area contributed by atoms with Crippen molar-refractivity contribution >= 4 is 29.3 Å². The van der Waals surface area contributed by atoms with E-state index >= 15 is 0 Å². The summed E-state index contributed by atoms with van der Waals surface area (Å²) in [6.45, 7) is 0.0247. The molecule has 10 nitrogen and oxygen atoms in total. The molecule has 4 heterocycles. The van der Waals surface area contributed by atoms with E-state index in [2.05, 4.69) is 10.6 Å². The molecule has 0 saturated carbocycles. The van der Waals surface area contributed by atoms with Crippen LogP contribution >= 0.6 is 0 Å². The molecule has 174 valence electrons. The minimum Gasteiger partial charge on any atom is -0.454 e. The number of hydrogen-bond acceptors (Lipinski definition) is 7. The van der Waals surface area contributed by atoms with Crippen molar-refractivity contribution in [2.75, 3.05) is 12.1 Å². The number of primary amides is 1. The number of fused-ring (bicyclic) bond motifs is 5. The SMILES string of the molecule is NC(=O)C[C@@H]1N[C@@]2(C(=O)Nc3ccc(F)cc32)[C@@H]2C(=O)N(Cc3ccc4c(c3)OCO4)C(=O)[C@H]12. The second-order valence-electron chi connectivity index (χ2n) is 8.83. The fourth-order valence-electron chi connectivity index (χ4n) is 5.60. The van der Waals surface area contributed by atoms with Gasteiger partial charge in [0.15, 0.2) is 11.5 Å². The van der Waals surface area contributed by atoms with Gasteiger partial charge in [-0.25, -0.2) is 4.39 Å². The summed E-state index contributed by atoms with van der Waals surface area (Å²) in [5.74, 6) is -4.11. The van der Waals surface area contributed by atoms with Crippen molar-refractivity contribution in [2.24, 2.45) is 17.6 Å². The van der Waals surface area contributed by atoms with Gasteiger partial charge in [-0.3, -0.25) is 29.4 Å². The zero-order valence-electron chi connectivity index (χ0n) is 17.7. The summed E-state index contributed by atoms with van der Waals surface area (Å²) < 4.78 is 24.9. The third-order valence-corrected chi connectivity index (χ3v) is 6.97. The number of benzene rings is 2. The second kappa shape index (κ2) is 7.00. The van der Waals surface area contributed by atoms with E-state index < -0.39 is 52.9 Å². The molecule has 0 radical (unpaired) electrons. The standard InChI is InChI=1S/C23H19FN4O6/c24-11-2-3-13-12(6-11)23(22(32)26-13)19-18(14(27-23)7-17(25)29)20(30)28(21(19)31)8-10-1-4-15-16(5-10)34-9-33-15/h1-6,14,18-19,27H,7-9H2,(H2,25,29)(H,26,32)/t14-,18+,19-,23+/m0/s1. The lowest BCUT2D eigenvalue weighted by Gasteiger charge is -2.29. The van der Waals surface area contributed by atoms with Crippen LogP contribution in [0.4, 0.5) is 10.1 Å². The molecule has 4 aliphatic heterocycles. The summed E-state index contributed by atoms with van der Waals surface area (Å²) in [5.41, 5.74) is 4.91. The van der Waals surface area contributed by atoms with Crippen LogP contribution in [-0.4, -0.2) is 41.4 Å². The predicted octanol–water partition coefficient (Wildman–Crippen LogP) is 0.350. The van der Waals surface area contributed by atoms with Gasteiger partial charge in [0.05, 0.1) is 18.4 Å². The Labute approximate surface area is 192 Å². The van der Waals surface area contributed by atoms with Gasteiger partial charge in [-0.15, -0.1) is 0 Å². The van der Waals surface area contributed by atoms with E-state index in [1.165, 1.54) is 18.2 Å². The molecule has 34 heavy (non-hydrogen) atoms. The number of nitrogens with two attached hydrogens (primary N) is 1. The van der Waals surface area contributed by atoms with Crippen molar-refractivity contribution in [2.45, 2.75) is 24.5 Å². The molecule has 4 amide bonds. The van der Waals surface area contributed by atoms with Gasteiger partial charge in [0.2, 0.25) is 30.4 Å². The number of halogens is 1. The Bertz CT molecular complexity index is 1300. The van der Waals surface area contributed by atoms with Crippen LogP contribution in [0.3, 0.4) is 0 Å². The maximum atomic E-state index is 14.2. The maximum Gasteiger partial charge on any atom is 0.250 e. The van der Waals surface area contributed by atoms with Crippen molar-refractivity contribution in [1.29, 1.82) is 0 Å². The lowest BCUT2D eigenvalue weighted by Crippen LogP contribution is -2.53. The fourth-order valence-corrected chi connectivity index (χ4v) is 5.60. The lowest BCUT2D eigenvalue weighted by molar-refractivity contribution is -0.143. The monoisotopic (exact) mass is 466 g/mol. The number of rotatable bonds is 4. The number of imide groups is 1. The molecule has 0 unspecified atom stereocenters. The number of ether oxygens (including phenoxy) is 2. The van der Waals surface area contributed by atoms with E-state index in [-0.39, 0.29) is 25.3 Å². The van der Waals surface area contributed by atoms with Crippen molar-refractivity contribution in [1.82, 2.24) is 10.2 Å². The fraction of sp³-hybridized carbons (Fsp3) is 0.304. The highest BCUT2D eigenvalue weighted by Gasteiger charge is 2.70. The van der Waals surface area contributed by atoms with Crippen molar-refractivity contribution in [3.05, 3.63) is 53.3 Å². The van der Waals surface area contributed by atoms with Crippen LogP contribution in [0.25, 0.3) is 0 Å². The molecule has 0 aromatic heterocycles. The number of nitrogens with zero attached hydrogens (tertiary/aromatic N) is 1. The third-order valence-electron chi connectivity index (χ3n) is 6.97. The number of anilines is 1. The Morgan fingerprint density at radius 2 is 1.91 bits per heavy atom. The topological polar surface area (TPSA) is 140 Å². The highest BCUT2D eigenvalue weighted by atomic mass is 19.1. The first-order chi connectivity index (χ1) is 16.3. The molecular weight excluding hydrogens is 447 g/mol. The molecular formula is C23H19FN4O6. The van der Waals surface area contributed by atoms with Crippen LogP contribution in [0.15, 0.2) is 36.4 Å². The van der Waals surface area contributed by atoms with Crippen LogP contribution in [0.2, 0.25) is 0 Å². The minimum absolute atomic E-state index is 0.0572. The van der Waals surface area contributed by atoms with Gasteiger partial charge in [0, 0.05) is 23.7 Å². The number of amides is 4. The molecule has 4 aliphatic rings. The van der Waals surface area contributed by atoms with Crippen LogP contribution < -0.4 is 25.8 Å². The van der Waals surface area contributed by atoms with Crippen molar-refractivity contribution < 1.29 is 33.0 Å². The van der Waals surface area contributed by atoms with Crippen LogP contribution in [0.1, 0.15) is 17.5 Å². The first-order valence-electron chi connectivity index (χ1n) is 10.7. The molecule has 4 N–H and O–H groups in total. The molecule has 6 rings (SSSR count). The molecule has 11 heteroatoms. The minimum atomic E-state index is -1.70. The molecule has 4 atom stereocenters. The zero-order valence-corrected chi connectivity index (χ0v) is 17.7. The van der Waals surface area contributed by atoms with Gasteiger partial charge in [0.25, 0.3) is 0 Å². The smallest absolute Gasteiger partial charge is 0.250 e. The lowest BCUT2D eigenvalue weighted by atomic mass is 9.76. The van der Waals surface area contributed by atoms with Gasteiger partial charge in [-0.1, -0.05) is 6.07 Å². The quantitative estimate of drug-likeness (QED) is 0.553. The Morgan fingerprint density at radius 1 is 1.12 bits per heavy atom. The summed E-state index contributed by atoms with van der Waals surface area (Å²) in [5, 5.41) is 5.70. The van der Waals surface area contributed by atoms with E-state index in [4.69, 9.17) is 15.2 Å². The van der Waals surface area contributed by atoms with Gasteiger partial charge in [-0.05, 0) is 35.9 Å². The number of likely N-dealkylation sites (tertiary alicyclic amines) is 1. The number of hydrogen-bond donors (Lipinski definition) is 3. The normalized spacial score (nSPS) is 28.4. The third kappa shape index (κ3) is 2.70. The van der Waals surface area contributed by atoms with E-state index in [0.717, 1.165) is 4.90 Å². The molecule has 2 fully saturated rings. The molecule has 2 saturated heterocycles. The number of nitrogens with one attached hydrogen (secondary N) is 2. The first-order valence-corrected chi connectivity index (χ1v) is 10.7.